The highest BCUT2D eigenvalue weighted by molar-refractivity contribution is 7.89. The first-order chi connectivity index (χ1) is 14.4. The number of sulfonamides is 1. The third-order valence-electron chi connectivity index (χ3n) is 4.70. The molecular formula is C20H22N2O7S. The van der Waals surface area contributed by atoms with Crippen molar-refractivity contribution >= 4 is 28.0 Å². The fourth-order valence-electron chi connectivity index (χ4n) is 3.07. The Morgan fingerprint density at radius 1 is 1.10 bits per heavy atom. The summed E-state index contributed by atoms with van der Waals surface area (Å²) < 4.78 is 42.4. The Balaban J connectivity index is 1.76. The minimum Gasteiger partial charge on any atom is -0.496 e. The molecule has 1 aromatic carbocycles. The van der Waals surface area contributed by atoms with Gasteiger partial charge in [-0.1, -0.05) is 0 Å². The van der Waals surface area contributed by atoms with E-state index in [9.17, 15) is 18.0 Å². The highest BCUT2D eigenvalue weighted by Crippen LogP contribution is 2.26. The van der Waals surface area contributed by atoms with Crippen LogP contribution in [0.25, 0.3) is 6.08 Å². The van der Waals surface area contributed by atoms with Gasteiger partial charge < -0.3 is 18.8 Å². The first kappa shape index (κ1) is 21.6. The van der Waals surface area contributed by atoms with Crippen LogP contribution in [0, 0.1) is 0 Å². The van der Waals surface area contributed by atoms with Crippen LogP contribution in [0.4, 0.5) is 0 Å². The van der Waals surface area contributed by atoms with E-state index in [1.807, 2.05) is 0 Å². The van der Waals surface area contributed by atoms with E-state index in [1.54, 1.807) is 17.0 Å². The Bertz CT molecular complexity index is 1040. The van der Waals surface area contributed by atoms with Gasteiger partial charge in [0.05, 0.1) is 25.4 Å². The molecule has 3 rings (SSSR count). The molecule has 0 bridgehead atoms. The Labute approximate surface area is 174 Å². The summed E-state index contributed by atoms with van der Waals surface area (Å²) in [5, 5.41) is 0. The van der Waals surface area contributed by atoms with E-state index in [0.717, 1.165) is 0 Å². The van der Waals surface area contributed by atoms with Gasteiger partial charge in [0.25, 0.3) is 5.91 Å². The van der Waals surface area contributed by atoms with Gasteiger partial charge in [-0.25, -0.2) is 13.2 Å². The molecule has 1 aliphatic heterocycles. The number of nitrogens with zero attached hydrogens (tertiary/aromatic N) is 2. The van der Waals surface area contributed by atoms with Gasteiger partial charge >= 0.3 is 5.97 Å². The van der Waals surface area contributed by atoms with Crippen LogP contribution >= 0.6 is 0 Å². The quantitative estimate of drug-likeness (QED) is 0.502. The highest BCUT2D eigenvalue weighted by Gasteiger charge is 2.31. The number of carbonyl (C=O) groups is 2. The molecule has 1 saturated heterocycles. The van der Waals surface area contributed by atoms with Gasteiger partial charge in [-0.05, 0) is 36.4 Å². The number of esters is 1. The van der Waals surface area contributed by atoms with Crippen LogP contribution in [0.2, 0.25) is 0 Å². The van der Waals surface area contributed by atoms with Gasteiger partial charge in [-0.15, -0.1) is 0 Å². The standard InChI is InChI=1S/C20H22N2O7S/c1-27-17-7-6-16(14-15(17)5-8-19(23)28-2)30(25,26)22-11-9-21(10-12-22)20(24)18-4-3-13-29-18/h3-8,13-14H,9-12H2,1-2H3/b8-5+. The van der Waals surface area contributed by atoms with Gasteiger partial charge in [-0.2, -0.15) is 4.31 Å². The molecule has 1 aliphatic rings. The minimum absolute atomic E-state index is 0.0682. The molecule has 2 aromatic rings. The smallest absolute Gasteiger partial charge is 0.330 e. The summed E-state index contributed by atoms with van der Waals surface area (Å²) >= 11 is 0. The van der Waals surface area contributed by atoms with E-state index < -0.39 is 16.0 Å². The maximum Gasteiger partial charge on any atom is 0.330 e. The average molecular weight is 434 g/mol. The van der Waals surface area contributed by atoms with E-state index in [-0.39, 0.29) is 42.7 Å². The van der Waals surface area contributed by atoms with Crippen molar-refractivity contribution in [1.82, 2.24) is 9.21 Å². The number of carbonyl (C=O) groups excluding carboxylic acids is 2. The lowest BCUT2D eigenvalue weighted by Gasteiger charge is -2.33. The van der Waals surface area contributed by atoms with E-state index in [4.69, 9.17) is 9.15 Å². The summed E-state index contributed by atoms with van der Waals surface area (Å²) in [4.78, 5) is 25.4. The van der Waals surface area contributed by atoms with Crippen LogP contribution in [0.5, 0.6) is 5.75 Å². The summed E-state index contributed by atoms with van der Waals surface area (Å²) in [6.07, 6.45) is 4.04. The molecule has 1 aromatic heterocycles. The van der Waals surface area contributed by atoms with Crippen molar-refractivity contribution in [3.05, 3.63) is 54.0 Å². The van der Waals surface area contributed by atoms with Crippen LogP contribution in [0.1, 0.15) is 16.1 Å². The lowest BCUT2D eigenvalue weighted by Crippen LogP contribution is -2.50. The molecule has 0 atom stereocenters. The monoisotopic (exact) mass is 434 g/mol. The minimum atomic E-state index is -3.79. The lowest BCUT2D eigenvalue weighted by atomic mass is 10.2. The van der Waals surface area contributed by atoms with Crippen molar-refractivity contribution in [2.45, 2.75) is 4.90 Å². The zero-order valence-corrected chi connectivity index (χ0v) is 17.4. The Morgan fingerprint density at radius 2 is 1.83 bits per heavy atom. The fourth-order valence-corrected chi connectivity index (χ4v) is 4.52. The number of amides is 1. The molecule has 2 heterocycles. The zero-order chi connectivity index (χ0) is 21.7. The molecule has 0 spiro atoms. The van der Waals surface area contributed by atoms with Gasteiger partial charge in [0.15, 0.2) is 5.76 Å². The number of hydrogen-bond donors (Lipinski definition) is 0. The summed E-state index contributed by atoms with van der Waals surface area (Å²) in [7, 11) is -1.09. The van der Waals surface area contributed by atoms with E-state index in [0.29, 0.717) is 11.3 Å². The van der Waals surface area contributed by atoms with Crippen molar-refractivity contribution in [3.8, 4) is 5.75 Å². The summed E-state index contributed by atoms with van der Waals surface area (Å²) in [5.74, 6) is -0.189. The number of benzene rings is 1. The van der Waals surface area contributed by atoms with Crippen LogP contribution in [0.15, 0.2) is 52.0 Å². The summed E-state index contributed by atoms with van der Waals surface area (Å²) in [6.45, 7) is 0.830. The van der Waals surface area contributed by atoms with Crippen LogP contribution in [0.3, 0.4) is 0 Å². The summed E-state index contributed by atoms with van der Waals surface area (Å²) in [5.41, 5.74) is 0.426. The molecule has 0 unspecified atom stereocenters. The van der Waals surface area contributed by atoms with E-state index >= 15 is 0 Å². The van der Waals surface area contributed by atoms with Crippen molar-refractivity contribution in [2.24, 2.45) is 0 Å². The second-order valence-electron chi connectivity index (χ2n) is 6.43. The van der Waals surface area contributed by atoms with E-state index in [2.05, 4.69) is 4.74 Å². The average Bonchev–Trinajstić information content (AvgIpc) is 3.31. The number of methoxy groups -OCH3 is 2. The predicted molar refractivity (Wildman–Crippen MR) is 107 cm³/mol. The second kappa shape index (κ2) is 9.14. The number of piperazine rings is 1. The number of ether oxygens (including phenoxy) is 2. The van der Waals surface area contributed by atoms with Gasteiger partial charge in [0.1, 0.15) is 5.75 Å². The van der Waals surface area contributed by atoms with Crippen molar-refractivity contribution in [2.75, 3.05) is 40.4 Å². The molecule has 0 saturated carbocycles. The molecule has 9 nitrogen and oxygen atoms in total. The number of furan rings is 1. The third-order valence-corrected chi connectivity index (χ3v) is 6.59. The van der Waals surface area contributed by atoms with Gasteiger partial charge in [0.2, 0.25) is 10.0 Å². The SMILES string of the molecule is COC(=O)/C=C/c1cc(S(=O)(=O)N2CCN(C(=O)c3ccco3)CC2)ccc1OC. The second-order valence-corrected chi connectivity index (χ2v) is 8.37. The predicted octanol–water partition coefficient (Wildman–Crippen LogP) is 1.62. The van der Waals surface area contributed by atoms with E-state index in [1.165, 1.54) is 55.1 Å². The molecule has 10 heteroatoms. The van der Waals surface area contributed by atoms with Crippen molar-refractivity contribution in [1.29, 1.82) is 0 Å². The third kappa shape index (κ3) is 4.55. The lowest BCUT2D eigenvalue weighted by molar-refractivity contribution is -0.134. The first-order valence-electron chi connectivity index (χ1n) is 9.14. The van der Waals surface area contributed by atoms with Crippen LogP contribution in [-0.4, -0.2) is 69.9 Å². The molecule has 1 fully saturated rings. The first-order valence-corrected chi connectivity index (χ1v) is 10.6. The molecule has 30 heavy (non-hydrogen) atoms. The number of rotatable bonds is 6. The van der Waals surface area contributed by atoms with Crippen molar-refractivity contribution < 1.29 is 31.9 Å². The molecule has 0 N–H and O–H groups in total. The molecule has 160 valence electrons. The maximum absolute atomic E-state index is 13.1. The Kier molecular flexibility index (Phi) is 6.58. The van der Waals surface area contributed by atoms with Crippen molar-refractivity contribution in [3.63, 3.8) is 0 Å². The summed E-state index contributed by atoms with van der Waals surface area (Å²) in [6, 6.07) is 7.62. The van der Waals surface area contributed by atoms with Crippen LogP contribution < -0.4 is 4.74 Å². The molecule has 0 radical (unpaired) electrons. The van der Waals surface area contributed by atoms with Gasteiger partial charge in [0, 0.05) is 37.8 Å². The highest BCUT2D eigenvalue weighted by atomic mass is 32.2. The normalized spacial score (nSPS) is 15.3. The maximum atomic E-state index is 13.1. The molecule has 1 amide bonds. The zero-order valence-electron chi connectivity index (χ0n) is 16.6. The number of hydrogen-bond acceptors (Lipinski definition) is 7. The largest absolute Gasteiger partial charge is 0.496 e. The Hall–Kier alpha value is -3.11. The molecular weight excluding hydrogens is 412 g/mol. The Morgan fingerprint density at radius 3 is 2.43 bits per heavy atom. The van der Waals surface area contributed by atoms with Gasteiger partial charge in [-0.3, -0.25) is 4.79 Å². The fraction of sp³-hybridized carbons (Fsp3) is 0.300. The topological polar surface area (TPSA) is 106 Å². The molecule has 0 aliphatic carbocycles. The van der Waals surface area contributed by atoms with Crippen LogP contribution in [-0.2, 0) is 19.6 Å².